The smallest absolute Gasteiger partial charge is 0.306 e. The standard InChI is InChI=1S/C59H114O6/c1-53(2)45-39-33-27-21-15-10-8-7-9-11-19-26-32-38-44-50-59(62)65-56(52-64-58(61)49-43-37-31-25-20-14-17-23-29-35-41-47-55(5)6)51-63-57(60)48-42-36-30-24-18-13-12-16-22-28-34-40-46-54(3)4/h53-56H,7-52H2,1-6H3/t56-/m1/s1. The number of unbranched alkanes of at least 4 members (excludes halogenated alkanes) is 35. The van der Waals surface area contributed by atoms with Gasteiger partial charge >= 0.3 is 17.9 Å². The predicted octanol–water partition coefficient (Wildman–Crippen LogP) is 19.1. The Labute approximate surface area is 406 Å². The lowest BCUT2D eigenvalue weighted by Crippen LogP contribution is -2.30. The minimum Gasteiger partial charge on any atom is -0.462 e. The van der Waals surface area contributed by atoms with E-state index in [1.807, 2.05) is 0 Å². The molecule has 0 aromatic carbocycles. The third-order valence-corrected chi connectivity index (χ3v) is 13.4. The second-order valence-electron chi connectivity index (χ2n) is 21.7. The van der Waals surface area contributed by atoms with Gasteiger partial charge in [0.25, 0.3) is 0 Å². The highest BCUT2D eigenvalue weighted by atomic mass is 16.6. The summed E-state index contributed by atoms with van der Waals surface area (Å²) in [5.41, 5.74) is 0. The molecule has 0 radical (unpaired) electrons. The van der Waals surface area contributed by atoms with E-state index in [-0.39, 0.29) is 31.1 Å². The fourth-order valence-corrected chi connectivity index (χ4v) is 9.00. The van der Waals surface area contributed by atoms with Crippen molar-refractivity contribution >= 4 is 17.9 Å². The van der Waals surface area contributed by atoms with Crippen LogP contribution < -0.4 is 0 Å². The molecule has 1 atom stereocenters. The Morgan fingerprint density at radius 2 is 0.446 bits per heavy atom. The van der Waals surface area contributed by atoms with Crippen LogP contribution in [0.4, 0.5) is 0 Å². The van der Waals surface area contributed by atoms with E-state index in [9.17, 15) is 14.4 Å². The summed E-state index contributed by atoms with van der Waals surface area (Å²) in [4.78, 5) is 38.2. The molecule has 65 heavy (non-hydrogen) atoms. The number of rotatable bonds is 52. The molecule has 6 nitrogen and oxygen atoms in total. The van der Waals surface area contributed by atoms with E-state index in [1.165, 1.54) is 205 Å². The molecule has 0 fully saturated rings. The maximum atomic E-state index is 12.9. The lowest BCUT2D eigenvalue weighted by molar-refractivity contribution is -0.167. The van der Waals surface area contributed by atoms with Gasteiger partial charge in [-0.25, -0.2) is 0 Å². The zero-order valence-corrected chi connectivity index (χ0v) is 44.8. The number of hydrogen-bond acceptors (Lipinski definition) is 6. The first-order chi connectivity index (χ1) is 31.6. The molecule has 0 aliphatic rings. The zero-order chi connectivity index (χ0) is 47.7. The summed E-state index contributed by atoms with van der Waals surface area (Å²) in [5.74, 6) is 1.67. The molecule has 0 saturated carbocycles. The van der Waals surface area contributed by atoms with Crippen LogP contribution >= 0.6 is 0 Å². The number of carbonyl (C=O) groups excluding carboxylic acids is 3. The summed E-state index contributed by atoms with van der Waals surface area (Å²) < 4.78 is 16.9. The summed E-state index contributed by atoms with van der Waals surface area (Å²) in [5, 5.41) is 0. The number of carbonyl (C=O) groups is 3. The molecule has 386 valence electrons. The predicted molar refractivity (Wildman–Crippen MR) is 279 cm³/mol. The van der Waals surface area contributed by atoms with Crippen LogP contribution in [-0.2, 0) is 28.6 Å². The summed E-state index contributed by atoms with van der Waals surface area (Å²) in [6, 6.07) is 0. The molecule has 0 aliphatic heterocycles. The first-order valence-electron chi connectivity index (χ1n) is 29.1. The summed E-state index contributed by atoms with van der Waals surface area (Å²) in [7, 11) is 0. The molecule has 0 saturated heterocycles. The highest BCUT2D eigenvalue weighted by molar-refractivity contribution is 5.71. The highest BCUT2D eigenvalue weighted by Crippen LogP contribution is 2.18. The summed E-state index contributed by atoms with van der Waals surface area (Å²) in [6.07, 6.45) is 52.4. The minimum atomic E-state index is -0.764. The van der Waals surface area contributed by atoms with Crippen LogP contribution in [0.25, 0.3) is 0 Å². The van der Waals surface area contributed by atoms with Crippen molar-refractivity contribution < 1.29 is 28.6 Å². The Balaban J connectivity index is 4.30. The van der Waals surface area contributed by atoms with Gasteiger partial charge in [0.15, 0.2) is 6.10 Å². The van der Waals surface area contributed by atoms with Gasteiger partial charge in [-0.15, -0.1) is 0 Å². The second kappa shape index (κ2) is 50.3. The Hall–Kier alpha value is -1.59. The molecule has 0 spiro atoms. The van der Waals surface area contributed by atoms with Gasteiger partial charge < -0.3 is 14.2 Å². The van der Waals surface area contributed by atoms with Gasteiger partial charge in [-0.3, -0.25) is 14.4 Å². The fourth-order valence-electron chi connectivity index (χ4n) is 9.00. The Bertz CT molecular complexity index is 1010. The largest absolute Gasteiger partial charge is 0.462 e. The van der Waals surface area contributed by atoms with Crippen LogP contribution in [0.1, 0.15) is 324 Å². The first-order valence-corrected chi connectivity index (χ1v) is 29.1. The third-order valence-electron chi connectivity index (χ3n) is 13.4. The molecule has 0 unspecified atom stereocenters. The van der Waals surface area contributed by atoms with Crippen molar-refractivity contribution in [3.63, 3.8) is 0 Å². The van der Waals surface area contributed by atoms with Crippen molar-refractivity contribution in [3.05, 3.63) is 0 Å². The van der Waals surface area contributed by atoms with Crippen LogP contribution in [-0.4, -0.2) is 37.2 Å². The van der Waals surface area contributed by atoms with Gasteiger partial charge in [0, 0.05) is 19.3 Å². The second-order valence-corrected chi connectivity index (χ2v) is 21.7. The molecular weight excluding hydrogens is 805 g/mol. The molecule has 0 rings (SSSR count). The van der Waals surface area contributed by atoms with Crippen LogP contribution in [0, 0.1) is 17.8 Å². The number of esters is 3. The van der Waals surface area contributed by atoms with E-state index in [0.29, 0.717) is 19.3 Å². The first kappa shape index (κ1) is 63.4. The van der Waals surface area contributed by atoms with E-state index in [2.05, 4.69) is 41.5 Å². The molecule has 0 N–H and O–H groups in total. The van der Waals surface area contributed by atoms with Crippen LogP contribution in [0.15, 0.2) is 0 Å². The molecular formula is C59H114O6. The molecule has 0 aliphatic carbocycles. The molecule has 6 heteroatoms. The number of ether oxygens (including phenoxy) is 3. The fraction of sp³-hybridized carbons (Fsp3) is 0.949. The topological polar surface area (TPSA) is 78.9 Å². The lowest BCUT2D eigenvalue weighted by atomic mass is 10.0. The van der Waals surface area contributed by atoms with Gasteiger partial charge in [-0.05, 0) is 37.0 Å². The lowest BCUT2D eigenvalue weighted by Gasteiger charge is -2.18. The molecule has 0 amide bonds. The van der Waals surface area contributed by atoms with Crippen molar-refractivity contribution in [1.82, 2.24) is 0 Å². The maximum Gasteiger partial charge on any atom is 0.306 e. The summed E-state index contributed by atoms with van der Waals surface area (Å²) in [6.45, 7) is 13.8. The molecule has 0 aromatic heterocycles. The molecule has 0 aromatic rings. The Morgan fingerprint density at radius 3 is 0.662 bits per heavy atom. The monoisotopic (exact) mass is 919 g/mol. The van der Waals surface area contributed by atoms with E-state index < -0.39 is 6.10 Å². The van der Waals surface area contributed by atoms with Crippen molar-refractivity contribution in [2.45, 2.75) is 330 Å². The Kier molecular flexibility index (Phi) is 49.1. The van der Waals surface area contributed by atoms with E-state index in [4.69, 9.17) is 14.2 Å². The van der Waals surface area contributed by atoms with Crippen LogP contribution in [0.5, 0.6) is 0 Å². The average Bonchev–Trinajstić information content (AvgIpc) is 3.26. The zero-order valence-electron chi connectivity index (χ0n) is 44.8. The minimum absolute atomic E-state index is 0.0635. The molecule has 0 heterocycles. The van der Waals surface area contributed by atoms with Crippen LogP contribution in [0.2, 0.25) is 0 Å². The quantitative estimate of drug-likeness (QED) is 0.0344. The van der Waals surface area contributed by atoms with E-state index >= 15 is 0 Å². The maximum absolute atomic E-state index is 12.9. The summed E-state index contributed by atoms with van der Waals surface area (Å²) >= 11 is 0. The number of hydrogen-bond donors (Lipinski definition) is 0. The van der Waals surface area contributed by atoms with E-state index in [0.717, 1.165) is 75.5 Å². The van der Waals surface area contributed by atoms with Gasteiger partial charge in [0.2, 0.25) is 0 Å². The van der Waals surface area contributed by atoms with Gasteiger partial charge in [0.05, 0.1) is 0 Å². The normalized spacial score (nSPS) is 12.1. The third kappa shape index (κ3) is 53.2. The van der Waals surface area contributed by atoms with Gasteiger partial charge in [-0.2, -0.15) is 0 Å². The van der Waals surface area contributed by atoms with Crippen molar-refractivity contribution in [2.24, 2.45) is 17.8 Å². The van der Waals surface area contributed by atoms with Crippen molar-refractivity contribution in [1.29, 1.82) is 0 Å². The van der Waals surface area contributed by atoms with Crippen LogP contribution in [0.3, 0.4) is 0 Å². The van der Waals surface area contributed by atoms with E-state index in [1.54, 1.807) is 0 Å². The van der Waals surface area contributed by atoms with Gasteiger partial charge in [0.1, 0.15) is 13.2 Å². The average molecular weight is 920 g/mol. The SMILES string of the molecule is CC(C)CCCCCCCCCCCCCCCCCC(=O)O[C@H](COC(=O)CCCCCCCCCCCCCCC(C)C)COC(=O)CCCCCCCCCCCCCC(C)C. The molecule has 0 bridgehead atoms. The highest BCUT2D eigenvalue weighted by Gasteiger charge is 2.19. The van der Waals surface area contributed by atoms with Gasteiger partial charge in [-0.1, -0.05) is 286 Å². The van der Waals surface area contributed by atoms with Crippen molar-refractivity contribution in [3.8, 4) is 0 Å². The van der Waals surface area contributed by atoms with Crippen molar-refractivity contribution in [2.75, 3.05) is 13.2 Å². The Morgan fingerprint density at radius 1 is 0.262 bits per heavy atom.